The van der Waals surface area contributed by atoms with Crippen LogP contribution in [0.1, 0.15) is 105 Å². The molecule has 2 heteroatoms. The molecule has 2 N–H and O–H groups in total. The van der Waals surface area contributed by atoms with Gasteiger partial charge in [-0.25, -0.2) is 0 Å². The Hall–Kier alpha value is -0.340. The smallest absolute Gasteiger partial charge is 0.0591 e. The topological polar surface area (TPSA) is 40.5 Å². The molecule has 0 aliphatic heterocycles. The third-order valence-corrected chi connectivity index (χ3v) is 9.87. The predicted octanol–water partition coefficient (Wildman–Crippen LogP) is 6.26. The molecule has 0 aromatic rings. The SMILES string of the molecule is CC(C)(O)CCCC[C@H]1CCC2[C@@H]3CC=C4C[C@@H](O)CC[C@]4(C)C3CCC21C. The molecule has 4 aliphatic carbocycles. The number of allylic oxidation sites excluding steroid dienone is 1. The van der Waals surface area contributed by atoms with Crippen LogP contribution in [0.25, 0.3) is 0 Å². The number of aliphatic hydroxyl groups excluding tert-OH is 1. The van der Waals surface area contributed by atoms with E-state index in [9.17, 15) is 10.2 Å². The number of rotatable bonds is 5. The largest absolute Gasteiger partial charge is 0.393 e. The van der Waals surface area contributed by atoms with E-state index < -0.39 is 5.60 Å². The molecular weight excluding hydrogens is 344 g/mol. The van der Waals surface area contributed by atoms with E-state index in [0.29, 0.717) is 10.8 Å². The second kappa shape index (κ2) is 7.41. The molecule has 0 heterocycles. The highest BCUT2D eigenvalue weighted by Crippen LogP contribution is 2.66. The average molecular weight is 389 g/mol. The third kappa shape index (κ3) is 3.62. The summed E-state index contributed by atoms with van der Waals surface area (Å²) in [6, 6.07) is 0. The molecule has 0 bridgehead atoms. The molecule has 3 fully saturated rings. The van der Waals surface area contributed by atoms with Crippen molar-refractivity contribution in [1.82, 2.24) is 0 Å². The lowest BCUT2D eigenvalue weighted by molar-refractivity contribution is -0.0510. The predicted molar refractivity (Wildman–Crippen MR) is 116 cm³/mol. The molecular formula is C26H44O2. The lowest BCUT2D eigenvalue weighted by atomic mass is 9.47. The van der Waals surface area contributed by atoms with Crippen molar-refractivity contribution in [3.63, 3.8) is 0 Å². The van der Waals surface area contributed by atoms with Crippen molar-refractivity contribution < 1.29 is 10.2 Å². The van der Waals surface area contributed by atoms with Crippen LogP contribution in [0.15, 0.2) is 11.6 Å². The summed E-state index contributed by atoms with van der Waals surface area (Å²) >= 11 is 0. The first kappa shape index (κ1) is 20.9. The van der Waals surface area contributed by atoms with Gasteiger partial charge in [0.2, 0.25) is 0 Å². The summed E-state index contributed by atoms with van der Waals surface area (Å²) < 4.78 is 0. The van der Waals surface area contributed by atoms with Crippen molar-refractivity contribution in [2.45, 2.75) is 116 Å². The van der Waals surface area contributed by atoms with Crippen LogP contribution >= 0.6 is 0 Å². The highest BCUT2D eigenvalue weighted by Gasteiger charge is 2.58. The highest BCUT2D eigenvalue weighted by atomic mass is 16.3. The molecule has 4 aliphatic rings. The lowest BCUT2D eigenvalue weighted by Gasteiger charge is -2.58. The summed E-state index contributed by atoms with van der Waals surface area (Å²) in [7, 11) is 0. The quantitative estimate of drug-likeness (QED) is 0.431. The van der Waals surface area contributed by atoms with Crippen LogP contribution in [0, 0.1) is 34.5 Å². The Bertz CT molecular complexity index is 602. The van der Waals surface area contributed by atoms with Crippen LogP contribution in [0.2, 0.25) is 0 Å². The van der Waals surface area contributed by atoms with Gasteiger partial charge in [-0.05, 0) is 113 Å². The molecule has 160 valence electrons. The minimum Gasteiger partial charge on any atom is -0.393 e. The van der Waals surface area contributed by atoms with Gasteiger partial charge in [-0.1, -0.05) is 38.3 Å². The summed E-state index contributed by atoms with van der Waals surface area (Å²) in [5.74, 6) is 3.54. The van der Waals surface area contributed by atoms with Crippen LogP contribution in [-0.2, 0) is 0 Å². The number of aliphatic hydroxyl groups is 2. The van der Waals surface area contributed by atoms with Crippen molar-refractivity contribution >= 4 is 0 Å². The molecule has 3 saturated carbocycles. The summed E-state index contributed by atoms with van der Waals surface area (Å²) in [6.07, 6.45) is 17.3. The molecule has 0 spiro atoms. The van der Waals surface area contributed by atoms with Gasteiger partial charge >= 0.3 is 0 Å². The van der Waals surface area contributed by atoms with Crippen molar-refractivity contribution in [3.8, 4) is 0 Å². The zero-order chi connectivity index (χ0) is 20.2. The standard InChI is InChI=1S/C26H44O2/c1-24(2,28)14-6-5-7-18-9-11-22-21-10-8-19-17-20(27)12-15-26(19,4)23(21)13-16-25(18,22)3/h8,18,20-23,27-28H,5-7,9-17H2,1-4H3/t18-,20-,21-,22?,23?,25?,26-/m0/s1. The fraction of sp³-hybridized carbons (Fsp3) is 0.923. The van der Waals surface area contributed by atoms with E-state index in [1.54, 1.807) is 5.57 Å². The fourth-order valence-electron chi connectivity index (χ4n) is 8.17. The molecule has 0 saturated heterocycles. The van der Waals surface area contributed by atoms with Crippen molar-refractivity contribution in [1.29, 1.82) is 0 Å². The zero-order valence-electron chi connectivity index (χ0n) is 18.8. The highest BCUT2D eigenvalue weighted by molar-refractivity contribution is 5.25. The van der Waals surface area contributed by atoms with E-state index >= 15 is 0 Å². The Morgan fingerprint density at radius 3 is 2.57 bits per heavy atom. The van der Waals surface area contributed by atoms with E-state index in [4.69, 9.17) is 0 Å². The van der Waals surface area contributed by atoms with E-state index in [0.717, 1.165) is 42.9 Å². The van der Waals surface area contributed by atoms with E-state index in [2.05, 4.69) is 19.9 Å². The second-order valence-corrected chi connectivity index (χ2v) is 12.0. The number of hydrogen-bond acceptors (Lipinski definition) is 2. The van der Waals surface area contributed by atoms with Gasteiger partial charge in [-0.15, -0.1) is 0 Å². The molecule has 0 radical (unpaired) electrons. The average Bonchev–Trinajstić information content (AvgIpc) is 2.95. The molecule has 28 heavy (non-hydrogen) atoms. The van der Waals surface area contributed by atoms with Gasteiger partial charge < -0.3 is 10.2 Å². The van der Waals surface area contributed by atoms with Crippen LogP contribution in [0.4, 0.5) is 0 Å². The van der Waals surface area contributed by atoms with Crippen molar-refractivity contribution in [2.24, 2.45) is 34.5 Å². The molecule has 3 unspecified atom stereocenters. The van der Waals surface area contributed by atoms with Gasteiger partial charge in [-0.2, -0.15) is 0 Å². The van der Waals surface area contributed by atoms with Gasteiger partial charge in [-0.3, -0.25) is 0 Å². The minimum absolute atomic E-state index is 0.0931. The fourth-order valence-corrected chi connectivity index (χ4v) is 8.17. The normalized spacial score (nSPS) is 45.8. The molecule has 0 aromatic carbocycles. The van der Waals surface area contributed by atoms with E-state index in [-0.39, 0.29) is 6.10 Å². The Labute approximate surface area is 173 Å². The summed E-state index contributed by atoms with van der Waals surface area (Å²) in [5.41, 5.74) is 2.01. The third-order valence-electron chi connectivity index (χ3n) is 9.87. The minimum atomic E-state index is -0.505. The number of hydrogen-bond donors (Lipinski definition) is 2. The maximum Gasteiger partial charge on any atom is 0.0591 e. The first-order chi connectivity index (χ1) is 13.1. The van der Waals surface area contributed by atoms with E-state index in [1.807, 2.05) is 13.8 Å². The van der Waals surface area contributed by atoms with Gasteiger partial charge in [0.25, 0.3) is 0 Å². The van der Waals surface area contributed by atoms with Crippen molar-refractivity contribution in [3.05, 3.63) is 11.6 Å². The summed E-state index contributed by atoms with van der Waals surface area (Å²) in [6.45, 7) is 9.05. The Balaban J connectivity index is 1.43. The van der Waals surface area contributed by atoms with Crippen LogP contribution in [0.5, 0.6) is 0 Å². The van der Waals surface area contributed by atoms with Gasteiger partial charge in [0.05, 0.1) is 11.7 Å². The summed E-state index contributed by atoms with van der Waals surface area (Å²) in [5, 5.41) is 20.2. The molecule has 4 rings (SSSR count). The maximum absolute atomic E-state index is 10.2. The van der Waals surface area contributed by atoms with Gasteiger partial charge in [0.15, 0.2) is 0 Å². The van der Waals surface area contributed by atoms with Crippen molar-refractivity contribution in [2.75, 3.05) is 0 Å². The number of fused-ring (bicyclic) bond motifs is 5. The molecule has 0 aromatic heterocycles. The lowest BCUT2D eigenvalue weighted by Crippen LogP contribution is -2.50. The summed E-state index contributed by atoms with van der Waals surface area (Å²) in [4.78, 5) is 0. The van der Waals surface area contributed by atoms with Gasteiger partial charge in [0, 0.05) is 0 Å². The van der Waals surface area contributed by atoms with Crippen LogP contribution in [0.3, 0.4) is 0 Å². The Kier molecular flexibility index (Phi) is 5.54. The first-order valence-electron chi connectivity index (χ1n) is 12.2. The monoisotopic (exact) mass is 388 g/mol. The zero-order valence-corrected chi connectivity index (χ0v) is 18.8. The molecule has 2 nitrogen and oxygen atoms in total. The first-order valence-corrected chi connectivity index (χ1v) is 12.2. The second-order valence-electron chi connectivity index (χ2n) is 12.0. The maximum atomic E-state index is 10.2. The van der Waals surface area contributed by atoms with Gasteiger partial charge in [0.1, 0.15) is 0 Å². The Morgan fingerprint density at radius 2 is 1.82 bits per heavy atom. The molecule has 0 amide bonds. The Morgan fingerprint density at radius 1 is 1.04 bits per heavy atom. The van der Waals surface area contributed by atoms with Crippen LogP contribution < -0.4 is 0 Å². The van der Waals surface area contributed by atoms with Crippen LogP contribution in [-0.4, -0.2) is 21.9 Å². The number of unbranched alkanes of at least 4 members (excludes halogenated alkanes) is 1. The molecule has 7 atom stereocenters. The van der Waals surface area contributed by atoms with E-state index in [1.165, 1.54) is 57.8 Å².